The van der Waals surface area contributed by atoms with Crippen LogP contribution in [0.1, 0.15) is 54.6 Å². The number of anilines is 2. The molecule has 5 rings (SSSR count). The number of benzene rings is 1. The van der Waals surface area contributed by atoms with Crippen molar-refractivity contribution in [2.75, 3.05) is 10.6 Å². The average molecular weight is 458 g/mol. The Hall–Kier alpha value is -3.94. The van der Waals surface area contributed by atoms with Crippen molar-refractivity contribution in [1.29, 1.82) is 0 Å². The van der Waals surface area contributed by atoms with Crippen molar-refractivity contribution in [1.82, 2.24) is 14.8 Å². The lowest BCUT2D eigenvalue weighted by Gasteiger charge is -2.11. The number of nitrogens with zero attached hydrogens (tertiary/aromatic N) is 3. The Labute approximate surface area is 197 Å². The molecule has 34 heavy (non-hydrogen) atoms. The second-order valence-corrected chi connectivity index (χ2v) is 9.10. The minimum Gasteiger partial charge on any atom is -0.466 e. The molecule has 0 unspecified atom stereocenters. The summed E-state index contributed by atoms with van der Waals surface area (Å²) >= 11 is 0. The van der Waals surface area contributed by atoms with E-state index in [9.17, 15) is 9.59 Å². The van der Waals surface area contributed by atoms with Gasteiger partial charge in [0.2, 0.25) is 5.91 Å². The smallest absolute Gasteiger partial charge is 0.256 e. The summed E-state index contributed by atoms with van der Waals surface area (Å²) in [4.78, 5) is 30.2. The molecule has 3 aromatic heterocycles. The number of rotatable bonds is 6. The van der Waals surface area contributed by atoms with E-state index in [2.05, 4.69) is 15.7 Å². The van der Waals surface area contributed by atoms with Crippen molar-refractivity contribution in [3.05, 3.63) is 59.7 Å². The van der Waals surface area contributed by atoms with Crippen molar-refractivity contribution < 1.29 is 14.0 Å². The number of hydrogen-bond acceptors (Lipinski definition) is 5. The van der Waals surface area contributed by atoms with Crippen LogP contribution >= 0.6 is 0 Å². The van der Waals surface area contributed by atoms with Crippen LogP contribution in [-0.4, -0.2) is 26.6 Å². The summed E-state index contributed by atoms with van der Waals surface area (Å²) in [6.07, 6.45) is 3.59. The van der Waals surface area contributed by atoms with Crippen molar-refractivity contribution in [2.45, 2.75) is 46.6 Å². The van der Waals surface area contributed by atoms with Crippen LogP contribution in [0.2, 0.25) is 0 Å². The third-order valence-corrected chi connectivity index (χ3v) is 5.98. The first-order chi connectivity index (χ1) is 16.3. The molecular weight excluding hydrogens is 430 g/mol. The predicted octanol–water partition coefficient (Wildman–Crippen LogP) is 5.49. The van der Waals surface area contributed by atoms with Gasteiger partial charge in [0, 0.05) is 28.9 Å². The molecule has 0 bridgehead atoms. The summed E-state index contributed by atoms with van der Waals surface area (Å²) in [5.74, 6) is 1.46. The molecule has 0 aliphatic heterocycles. The molecule has 1 saturated carbocycles. The van der Waals surface area contributed by atoms with Gasteiger partial charge in [-0.05, 0) is 76.9 Å². The Bertz CT molecular complexity index is 1390. The maximum atomic E-state index is 13.4. The first-order valence-electron chi connectivity index (χ1n) is 11.5. The minimum atomic E-state index is -0.260. The molecular formula is C26H27N5O3. The SMILES string of the molecule is Cc1cc(-c2cc(C(=O)Nc3ccc(NC(=O)C4CC4)cc3)c3cnn(C(C)C)c3n2)c(C)o1. The summed E-state index contributed by atoms with van der Waals surface area (Å²) in [6.45, 7) is 7.82. The highest BCUT2D eigenvalue weighted by molar-refractivity contribution is 6.12. The lowest BCUT2D eigenvalue weighted by atomic mass is 10.1. The molecule has 0 saturated heterocycles. The topological polar surface area (TPSA) is 102 Å². The number of amides is 2. The first-order valence-corrected chi connectivity index (χ1v) is 11.5. The largest absolute Gasteiger partial charge is 0.466 e. The summed E-state index contributed by atoms with van der Waals surface area (Å²) in [7, 11) is 0. The molecule has 4 aromatic rings. The maximum absolute atomic E-state index is 13.4. The van der Waals surface area contributed by atoms with Gasteiger partial charge < -0.3 is 15.1 Å². The van der Waals surface area contributed by atoms with E-state index in [4.69, 9.17) is 9.40 Å². The minimum absolute atomic E-state index is 0.0513. The van der Waals surface area contributed by atoms with E-state index in [0.29, 0.717) is 33.7 Å². The van der Waals surface area contributed by atoms with Crippen LogP contribution in [0.15, 0.2) is 47.0 Å². The van der Waals surface area contributed by atoms with Gasteiger partial charge in [-0.1, -0.05) is 0 Å². The van der Waals surface area contributed by atoms with E-state index in [1.165, 1.54) is 0 Å². The van der Waals surface area contributed by atoms with Crippen LogP contribution in [0, 0.1) is 19.8 Å². The number of furan rings is 1. The van der Waals surface area contributed by atoms with Crippen LogP contribution < -0.4 is 10.6 Å². The number of carbonyl (C=O) groups is 2. The van der Waals surface area contributed by atoms with E-state index in [0.717, 1.165) is 29.9 Å². The van der Waals surface area contributed by atoms with Gasteiger partial charge >= 0.3 is 0 Å². The van der Waals surface area contributed by atoms with E-state index in [1.807, 2.05) is 38.4 Å². The number of aromatic nitrogens is 3. The normalized spacial score (nSPS) is 13.4. The number of nitrogens with one attached hydrogen (secondary N) is 2. The van der Waals surface area contributed by atoms with Crippen LogP contribution in [-0.2, 0) is 4.79 Å². The molecule has 1 aliphatic rings. The van der Waals surface area contributed by atoms with Crippen LogP contribution in [0.4, 0.5) is 11.4 Å². The van der Waals surface area contributed by atoms with Gasteiger partial charge in [-0.2, -0.15) is 5.10 Å². The number of carbonyl (C=O) groups excluding carboxylic acids is 2. The van der Waals surface area contributed by atoms with Gasteiger partial charge in [0.1, 0.15) is 11.5 Å². The molecule has 8 heteroatoms. The third-order valence-electron chi connectivity index (χ3n) is 5.98. The second-order valence-electron chi connectivity index (χ2n) is 9.10. The number of aryl methyl sites for hydroxylation is 2. The van der Waals surface area contributed by atoms with Crippen molar-refractivity contribution in [3.63, 3.8) is 0 Å². The highest BCUT2D eigenvalue weighted by atomic mass is 16.3. The monoisotopic (exact) mass is 457 g/mol. The molecule has 3 heterocycles. The van der Waals surface area contributed by atoms with Crippen LogP contribution in [0.3, 0.4) is 0 Å². The fraction of sp³-hybridized carbons (Fsp3) is 0.308. The molecule has 0 spiro atoms. The van der Waals surface area contributed by atoms with Crippen molar-refractivity contribution in [3.8, 4) is 11.3 Å². The molecule has 0 atom stereocenters. The number of fused-ring (bicyclic) bond motifs is 1. The molecule has 174 valence electrons. The van der Waals surface area contributed by atoms with Crippen molar-refractivity contribution >= 4 is 34.2 Å². The third kappa shape index (κ3) is 4.19. The molecule has 8 nitrogen and oxygen atoms in total. The second kappa shape index (κ2) is 8.44. The zero-order valence-corrected chi connectivity index (χ0v) is 19.7. The van der Waals surface area contributed by atoms with Gasteiger partial charge in [0.15, 0.2) is 5.65 Å². The van der Waals surface area contributed by atoms with E-state index < -0.39 is 0 Å². The Balaban J connectivity index is 1.47. The van der Waals surface area contributed by atoms with Gasteiger partial charge in [-0.25, -0.2) is 9.67 Å². The lowest BCUT2D eigenvalue weighted by molar-refractivity contribution is -0.117. The van der Waals surface area contributed by atoms with Crippen LogP contribution in [0.5, 0.6) is 0 Å². The zero-order chi connectivity index (χ0) is 24.0. The Morgan fingerprint density at radius 1 is 1.06 bits per heavy atom. The maximum Gasteiger partial charge on any atom is 0.256 e. The quantitative estimate of drug-likeness (QED) is 0.399. The number of hydrogen-bond donors (Lipinski definition) is 2. The summed E-state index contributed by atoms with van der Waals surface area (Å²) < 4.78 is 7.52. The zero-order valence-electron chi connectivity index (χ0n) is 19.7. The number of pyridine rings is 1. The summed E-state index contributed by atoms with van der Waals surface area (Å²) in [5.41, 5.74) is 3.98. The summed E-state index contributed by atoms with van der Waals surface area (Å²) in [5, 5.41) is 11.0. The molecule has 1 fully saturated rings. The average Bonchev–Trinajstić information content (AvgIpc) is 3.48. The van der Waals surface area contributed by atoms with Gasteiger partial charge in [0.05, 0.1) is 22.8 Å². The fourth-order valence-electron chi connectivity index (χ4n) is 4.03. The predicted molar refractivity (Wildman–Crippen MR) is 131 cm³/mol. The molecule has 2 amide bonds. The van der Waals surface area contributed by atoms with Gasteiger partial charge in [-0.15, -0.1) is 0 Å². The van der Waals surface area contributed by atoms with Crippen molar-refractivity contribution in [2.24, 2.45) is 5.92 Å². The van der Waals surface area contributed by atoms with E-state index >= 15 is 0 Å². The van der Waals surface area contributed by atoms with Gasteiger partial charge in [-0.3, -0.25) is 9.59 Å². The highest BCUT2D eigenvalue weighted by Gasteiger charge is 2.29. The Morgan fingerprint density at radius 2 is 1.74 bits per heavy atom. The molecule has 0 radical (unpaired) electrons. The first kappa shape index (κ1) is 21.9. The standard InChI is InChI=1S/C26H27N5O3/c1-14(2)31-24-22(13-27-31)21(12-23(30-24)20-11-15(3)34-16(20)4)26(33)29-19-9-7-18(8-10-19)28-25(32)17-5-6-17/h7-14,17H,5-6H2,1-4H3,(H,28,32)(H,29,33). The Morgan fingerprint density at radius 3 is 2.32 bits per heavy atom. The molecule has 1 aliphatic carbocycles. The lowest BCUT2D eigenvalue weighted by Crippen LogP contribution is -2.14. The fourth-order valence-corrected chi connectivity index (χ4v) is 4.03. The highest BCUT2D eigenvalue weighted by Crippen LogP contribution is 2.31. The van der Waals surface area contributed by atoms with E-state index in [-0.39, 0.29) is 23.8 Å². The summed E-state index contributed by atoms with van der Waals surface area (Å²) in [6, 6.07) is 10.9. The van der Waals surface area contributed by atoms with E-state index in [1.54, 1.807) is 36.5 Å². The van der Waals surface area contributed by atoms with Gasteiger partial charge in [0.25, 0.3) is 5.91 Å². The molecule has 1 aromatic carbocycles. The Kier molecular flexibility index (Phi) is 5.43. The van der Waals surface area contributed by atoms with Crippen LogP contribution in [0.25, 0.3) is 22.3 Å². The molecule has 2 N–H and O–H groups in total.